The van der Waals surface area contributed by atoms with Crippen LogP contribution in [0.5, 0.6) is 0 Å². The third kappa shape index (κ3) is 3.63. The van der Waals surface area contributed by atoms with Crippen LogP contribution in [0.2, 0.25) is 0 Å². The van der Waals surface area contributed by atoms with Gasteiger partial charge in [0.05, 0.1) is 10.8 Å². The molecule has 0 saturated carbocycles. The minimum Gasteiger partial charge on any atom is -0.478 e. The van der Waals surface area contributed by atoms with Gasteiger partial charge >= 0.3 is 5.97 Å². The molecule has 1 aliphatic rings. The van der Waals surface area contributed by atoms with E-state index < -0.39 is 11.2 Å². The lowest BCUT2D eigenvalue weighted by molar-refractivity contribution is -0.138. The molecule has 0 bridgehead atoms. The number of carbonyl (C=O) groups is 3. The molecule has 0 aliphatic carbocycles. The summed E-state index contributed by atoms with van der Waals surface area (Å²) in [6.45, 7) is 0.787. The second-order valence-corrected chi connectivity index (χ2v) is 5.89. The van der Waals surface area contributed by atoms with Crippen LogP contribution in [-0.2, 0) is 14.3 Å². The number of nitrogens with zero attached hydrogens (tertiary/aromatic N) is 2. The highest BCUT2D eigenvalue weighted by molar-refractivity contribution is 8.00. The second-order valence-electron chi connectivity index (χ2n) is 4.70. The number of carboxylic acids is 1. The van der Waals surface area contributed by atoms with Crippen LogP contribution in [0, 0.1) is 0 Å². The molecule has 2 rings (SSSR count). The first-order valence-electron chi connectivity index (χ1n) is 6.72. The van der Waals surface area contributed by atoms with Gasteiger partial charge in [-0.1, -0.05) is 11.8 Å². The Kier molecular flexibility index (Phi) is 5.51. The van der Waals surface area contributed by atoms with E-state index in [-0.39, 0.29) is 28.8 Å². The Balaban J connectivity index is 2.07. The average molecular weight is 324 g/mol. The first kappa shape index (κ1) is 16.4. The summed E-state index contributed by atoms with van der Waals surface area (Å²) in [6.07, 6.45) is 2.10. The summed E-state index contributed by atoms with van der Waals surface area (Å²) in [4.78, 5) is 40.5. The molecule has 7 nitrogen and oxygen atoms in total. The normalized spacial score (nSPS) is 18.0. The molecule has 0 radical (unpaired) electrons. The van der Waals surface area contributed by atoms with Crippen LogP contribution in [0.4, 0.5) is 0 Å². The maximum atomic E-state index is 12.3. The van der Waals surface area contributed by atoms with Crippen molar-refractivity contribution in [2.75, 3.05) is 20.3 Å². The van der Waals surface area contributed by atoms with Gasteiger partial charge in [0.2, 0.25) is 11.8 Å². The van der Waals surface area contributed by atoms with Gasteiger partial charge in [-0.25, -0.2) is 9.78 Å². The number of imide groups is 1. The van der Waals surface area contributed by atoms with Gasteiger partial charge in [0.15, 0.2) is 0 Å². The van der Waals surface area contributed by atoms with Crippen molar-refractivity contribution in [3.05, 3.63) is 23.9 Å². The van der Waals surface area contributed by atoms with Crippen molar-refractivity contribution in [2.45, 2.75) is 23.1 Å². The number of hydrogen-bond acceptors (Lipinski definition) is 6. The number of aromatic nitrogens is 1. The van der Waals surface area contributed by atoms with Crippen molar-refractivity contribution in [1.82, 2.24) is 9.88 Å². The van der Waals surface area contributed by atoms with E-state index in [4.69, 9.17) is 9.84 Å². The van der Waals surface area contributed by atoms with Crippen LogP contribution in [0.15, 0.2) is 23.4 Å². The van der Waals surface area contributed by atoms with Crippen molar-refractivity contribution in [2.24, 2.45) is 0 Å². The molecule has 1 aromatic heterocycles. The second kappa shape index (κ2) is 7.37. The highest BCUT2D eigenvalue weighted by Crippen LogP contribution is 2.32. The van der Waals surface area contributed by atoms with Gasteiger partial charge < -0.3 is 9.84 Å². The SMILES string of the molecule is COCCCN1C(=O)C[C@H](Sc2ncccc2C(=O)O)C1=O. The lowest BCUT2D eigenvalue weighted by atomic mass is 10.3. The molecule has 1 fully saturated rings. The van der Waals surface area contributed by atoms with E-state index in [2.05, 4.69) is 4.98 Å². The Morgan fingerprint density at radius 1 is 1.55 bits per heavy atom. The van der Waals surface area contributed by atoms with Crippen molar-refractivity contribution < 1.29 is 24.2 Å². The number of pyridine rings is 1. The summed E-state index contributed by atoms with van der Waals surface area (Å²) in [5.41, 5.74) is 0.0329. The molecule has 1 N–H and O–H groups in total. The predicted octanol–water partition coefficient (Wildman–Crippen LogP) is 1.04. The van der Waals surface area contributed by atoms with E-state index in [1.807, 2.05) is 0 Å². The topological polar surface area (TPSA) is 96.8 Å². The highest BCUT2D eigenvalue weighted by Gasteiger charge is 2.39. The van der Waals surface area contributed by atoms with Gasteiger partial charge in [-0.2, -0.15) is 0 Å². The van der Waals surface area contributed by atoms with Gasteiger partial charge in [-0.15, -0.1) is 0 Å². The zero-order valence-electron chi connectivity index (χ0n) is 12.0. The van der Waals surface area contributed by atoms with Crippen LogP contribution >= 0.6 is 11.8 Å². The van der Waals surface area contributed by atoms with E-state index in [1.54, 1.807) is 7.11 Å². The molecule has 1 saturated heterocycles. The maximum absolute atomic E-state index is 12.3. The third-order valence-electron chi connectivity index (χ3n) is 3.19. The number of methoxy groups -OCH3 is 1. The fourth-order valence-corrected chi connectivity index (χ4v) is 3.26. The standard InChI is InChI=1S/C14H16N2O5S/c1-21-7-3-6-16-11(17)8-10(13(16)18)22-12-9(14(19)20)4-2-5-15-12/h2,4-5,10H,3,6-8H2,1H3,(H,19,20)/t10-/m0/s1. The van der Waals surface area contributed by atoms with Crippen molar-refractivity contribution in [1.29, 1.82) is 0 Å². The van der Waals surface area contributed by atoms with E-state index >= 15 is 0 Å². The van der Waals surface area contributed by atoms with E-state index in [0.29, 0.717) is 19.6 Å². The van der Waals surface area contributed by atoms with E-state index in [0.717, 1.165) is 11.8 Å². The number of rotatable bonds is 7. The van der Waals surface area contributed by atoms with Gasteiger partial charge in [0.25, 0.3) is 0 Å². The molecule has 118 valence electrons. The monoisotopic (exact) mass is 324 g/mol. The van der Waals surface area contributed by atoms with Gasteiger partial charge in [-0.05, 0) is 18.6 Å². The third-order valence-corrected chi connectivity index (χ3v) is 4.39. The first-order valence-corrected chi connectivity index (χ1v) is 7.60. The summed E-state index contributed by atoms with van der Waals surface area (Å²) >= 11 is 1.03. The van der Waals surface area contributed by atoms with Crippen molar-refractivity contribution in [3.63, 3.8) is 0 Å². The summed E-state index contributed by atoms with van der Waals surface area (Å²) in [7, 11) is 1.56. The smallest absolute Gasteiger partial charge is 0.338 e. The number of amides is 2. The van der Waals surface area contributed by atoms with Gasteiger partial charge in [0.1, 0.15) is 5.03 Å². The fourth-order valence-electron chi connectivity index (χ4n) is 2.13. The van der Waals surface area contributed by atoms with Crippen molar-refractivity contribution >= 4 is 29.5 Å². The predicted molar refractivity (Wildman–Crippen MR) is 78.7 cm³/mol. The largest absolute Gasteiger partial charge is 0.478 e. The van der Waals surface area contributed by atoms with Gasteiger partial charge in [-0.3, -0.25) is 14.5 Å². The van der Waals surface area contributed by atoms with Crippen LogP contribution in [-0.4, -0.2) is 58.3 Å². The Morgan fingerprint density at radius 2 is 2.32 bits per heavy atom. The molecular weight excluding hydrogens is 308 g/mol. The molecular formula is C14H16N2O5S. The molecule has 0 spiro atoms. The molecule has 1 aromatic rings. The summed E-state index contributed by atoms with van der Waals surface area (Å²) < 4.78 is 4.91. The fraction of sp³-hybridized carbons (Fsp3) is 0.429. The van der Waals surface area contributed by atoms with E-state index in [1.165, 1.54) is 23.2 Å². The number of carbonyl (C=O) groups excluding carboxylic acids is 2. The lowest BCUT2D eigenvalue weighted by Crippen LogP contribution is -2.32. The quantitative estimate of drug-likeness (QED) is 0.591. The number of likely N-dealkylation sites (tertiary alicyclic amines) is 1. The Hall–Kier alpha value is -1.93. The zero-order valence-corrected chi connectivity index (χ0v) is 12.8. The minimum atomic E-state index is -1.11. The van der Waals surface area contributed by atoms with Crippen LogP contribution in [0.25, 0.3) is 0 Å². The Morgan fingerprint density at radius 3 is 3.00 bits per heavy atom. The number of carboxylic acid groups (broad SMARTS) is 1. The molecule has 22 heavy (non-hydrogen) atoms. The summed E-state index contributed by atoms with van der Waals surface area (Å²) in [6, 6.07) is 2.95. The average Bonchev–Trinajstić information content (AvgIpc) is 2.75. The lowest BCUT2D eigenvalue weighted by Gasteiger charge is -2.14. The molecule has 2 amide bonds. The Bertz CT molecular complexity index is 592. The number of hydrogen-bond donors (Lipinski definition) is 1. The minimum absolute atomic E-state index is 0.0329. The molecule has 2 heterocycles. The Labute approximate surface area is 131 Å². The molecule has 1 aliphatic heterocycles. The summed E-state index contributed by atoms with van der Waals surface area (Å²) in [5, 5.41) is 8.75. The number of aromatic carboxylic acids is 1. The molecule has 1 atom stereocenters. The van der Waals surface area contributed by atoms with Crippen LogP contribution in [0.3, 0.4) is 0 Å². The number of ether oxygens (including phenoxy) is 1. The van der Waals surface area contributed by atoms with Crippen LogP contribution < -0.4 is 0 Å². The first-order chi connectivity index (χ1) is 10.5. The van der Waals surface area contributed by atoms with Crippen LogP contribution in [0.1, 0.15) is 23.2 Å². The zero-order chi connectivity index (χ0) is 16.1. The van der Waals surface area contributed by atoms with Gasteiger partial charge in [0, 0.05) is 32.9 Å². The molecule has 0 unspecified atom stereocenters. The summed E-state index contributed by atoms with van der Waals surface area (Å²) in [5.74, 6) is -1.65. The molecule has 8 heteroatoms. The number of thioether (sulfide) groups is 1. The van der Waals surface area contributed by atoms with Crippen molar-refractivity contribution in [3.8, 4) is 0 Å². The molecule has 0 aromatic carbocycles. The van der Waals surface area contributed by atoms with E-state index in [9.17, 15) is 14.4 Å². The maximum Gasteiger partial charge on any atom is 0.338 e. The highest BCUT2D eigenvalue weighted by atomic mass is 32.2.